The van der Waals surface area contributed by atoms with E-state index in [1.165, 1.54) is 122 Å². The molecule has 0 heterocycles. The number of carbonyl (C=O) groups excluding carboxylic acids is 4. The fraction of sp³-hybridized carbons (Fsp3) is 0.886. The van der Waals surface area contributed by atoms with E-state index in [2.05, 4.69) is 65.8 Å². The fourth-order valence-electron chi connectivity index (χ4n) is 10.0. The second-order valence-corrected chi connectivity index (χ2v) is 28.2. The maximum absolute atomic E-state index is 13.0. The summed E-state index contributed by atoms with van der Waals surface area (Å²) in [7, 11) is -9.91. The molecule has 3 unspecified atom stereocenters. The van der Waals surface area contributed by atoms with Crippen molar-refractivity contribution < 1.29 is 80.2 Å². The summed E-state index contributed by atoms with van der Waals surface area (Å²) in [6.45, 7) is 9.42. The molecule has 0 aromatic heterocycles. The molecule has 19 heteroatoms. The third-order valence-electron chi connectivity index (χ3n) is 15.9. The Balaban J connectivity index is 5.26. The predicted molar refractivity (Wildman–Crippen MR) is 358 cm³/mol. The highest BCUT2D eigenvalue weighted by Crippen LogP contribution is 2.45. The Hall–Kier alpha value is -2.46. The van der Waals surface area contributed by atoms with Gasteiger partial charge in [0.05, 0.1) is 26.4 Å². The molecule has 0 amide bonds. The summed E-state index contributed by atoms with van der Waals surface area (Å²) in [4.78, 5) is 72.4. The molecule has 3 N–H and O–H groups in total. The normalized spacial score (nSPS) is 14.6. The van der Waals surface area contributed by atoms with Crippen molar-refractivity contribution in [1.29, 1.82) is 0 Å². The number of aliphatic hydroxyl groups is 1. The average molecular weight is 1310 g/mol. The van der Waals surface area contributed by atoms with Gasteiger partial charge in [-0.05, 0) is 63.2 Å². The summed E-state index contributed by atoms with van der Waals surface area (Å²) < 4.78 is 68.1. The Morgan fingerprint density at radius 1 is 0.371 bits per heavy atom. The lowest BCUT2D eigenvalue weighted by atomic mass is 10.00. The molecule has 0 bridgehead atoms. The van der Waals surface area contributed by atoms with Crippen LogP contribution in [0.25, 0.3) is 0 Å². The molecular formula is C70H132O17P2. The first-order valence-electron chi connectivity index (χ1n) is 35.8. The molecule has 0 aliphatic carbocycles. The molecular weight excluding hydrogens is 1170 g/mol. The molecule has 89 heavy (non-hydrogen) atoms. The van der Waals surface area contributed by atoms with Crippen molar-refractivity contribution in [3.05, 3.63) is 24.3 Å². The van der Waals surface area contributed by atoms with Crippen LogP contribution in [-0.2, 0) is 65.4 Å². The monoisotopic (exact) mass is 1310 g/mol. The molecule has 0 rings (SSSR count). The first kappa shape index (κ1) is 86.5. The number of allylic oxidation sites excluding steroid dienone is 4. The summed E-state index contributed by atoms with van der Waals surface area (Å²) >= 11 is 0. The second-order valence-electron chi connectivity index (χ2n) is 25.3. The molecule has 6 atom stereocenters. The minimum absolute atomic E-state index is 0.1000. The molecule has 0 fully saturated rings. The molecule has 0 saturated carbocycles. The Kier molecular flexibility index (Phi) is 60.0. The van der Waals surface area contributed by atoms with E-state index < -0.39 is 97.5 Å². The highest BCUT2D eigenvalue weighted by Gasteiger charge is 2.30. The summed E-state index contributed by atoms with van der Waals surface area (Å²) in [5.41, 5.74) is 0. The van der Waals surface area contributed by atoms with Crippen LogP contribution in [0.2, 0.25) is 0 Å². The number of ether oxygens (including phenoxy) is 4. The number of esters is 4. The molecule has 0 radical (unpaired) electrons. The topological polar surface area (TPSA) is 237 Å². The maximum atomic E-state index is 13.0. The zero-order chi connectivity index (χ0) is 65.7. The van der Waals surface area contributed by atoms with Crippen molar-refractivity contribution in [3.63, 3.8) is 0 Å². The number of phosphoric acid groups is 2. The minimum atomic E-state index is -4.96. The highest BCUT2D eigenvalue weighted by atomic mass is 31.2. The van der Waals surface area contributed by atoms with Gasteiger partial charge in [-0.3, -0.25) is 37.3 Å². The van der Waals surface area contributed by atoms with Gasteiger partial charge in [-0.15, -0.1) is 0 Å². The number of aliphatic hydroxyl groups excluding tert-OH is 1. The van der Waals surface area contributed by atoms with Crippen LogP contribution >= 0.6 is 15.6 Å². The number of rotatable bonds is 67. The van der Waals surface area contributed by atoms with E-state index in [1.54, 1.807) is 0 Å². The van der Waals surface area contributed by atoms with Crippen LogP contribution in [0.5, 0.6) is 0 Å². The molecule has 0 saturated heterocycles. The third-order valence-corrected chi connectivity index (χ3v) is 17.8. The van der Waals surface area contributed by atoms with Gasteiger partial charge in [0.15, 0.2) is 12.2 Å². The van der Waals surface area contributed by atoms with Crippen LogP contribution in [0.4, 0.5) is 0 Å². The number of unbranched alkanes of at least 4 members (excludes halogenated alkanes) is 33. The molecule has 0 aromatic rings. The lowest BCUT2D eigenvalue weighted by Gasteiger charge is -2.21. The van der Waals surface area contributed by atoms with Crippen molar-refractivity contribution in [2.24, 2.45) is 11.8 Å². The molecule has 17 nitrogen and oxygen atoms in total. The Labute approximate surface area is 542 Å². The first-order chi connectivity index (χ1) is 42.9. The van der Waals surface area contributed by atoms with Crippen molar-refractivity contribution in [1.82, 2.24) is 0 Å². The Morgan fingerprint density at radius 3 is 1.01 bits per heavy atom. The molecule has 524 valence electrons. The van der Waals surface area contributed by atoms with Crippen LogP contribution < -0.4 is 0 Å². The second kappa shape index (κ2) is 61.7. The number of carbonyl (C=O) groups is 4. The lowest BCUT2D eigenvalue weighted by molar-refractivity contribution is -0.161. The van der Waals surface area contributed by atoms with Gasteiger partial charge in [-0.25, -0.2) is 9.13 Å². The summed E-state index contributed by atoms with van der Waals surface area (Å²) in [6.07, 6.45) is 49.5. The third kappa shape index (κ3) is 62.7. The van der Waals surface area contributed by atoms with Crippen LogP contribution in [-0.4, -0.2) is 96.7 Å². The number of phosphoric ester groups is 2. The Morgan fingerprint density at radius 2 is 0.663 bits per heavy atom. The quantitative estimate of drug-likeness (QED) is 0.0169. The minimum Gasteiger partial charge on any atom is -0.462 e. The van der Waals surface area contributed by atoms with E-state index in [0.29, 0.717) is 25.7 Å². The summed E-state index contributed by atoms with van der Waals surface area (Å²) in [5, 5.41) is 10.6. The molecule has 0 aliphatic rings. The standard InChI is InChI=1S/C70H132O17P2/c1-7-10-12-14-16-18-19-20-21-24-27-30-34-41-47-53-68(73)81-58-65(86-69(74)54-48-42-35-31-28-25-22-23-26-29-32-38-44-50-62(4)5)60-84-88(76,77)82-56-64(71)57-83-89(78,79)85-61-66(59-80-67(72)52-46-40-33-17-15-13-11-8-2)87-70(75)55-49-43-37-36-39-45-51-63(6)9-3/h18-21,62-66,71H,7-17,22-61H2,1-6H3,(H,76,77)(H,78,79)/b19-18-,21-20-/t63?,64-,65-,66-/m1/s1. The summed E-state index contributed by atoms with van der Waals surface area (Å²) in [6, 6.07) is 0. The van der Waals surface area contributed by atoms with Crippen molar-refractivity contribution in [2.45, 2.75) is 349 Å². The molecule has 0 aliphatic heterocycles. The van der Waals surface area contributed by atoms with Gasteiger partial charge >= 0.3 is 39.5 Å². The van der Waals surface area contributed by atoms with Gasteiger partial charge in [-0.1, -0.05) is 278 Å². The van der Waals surface area contributed by atoms with E-state index in [-0.39, 0.29) is 25.7 Å². The van der Waals surface area contributed by atoms with Gasteiger partial charge in [0.25, 0.3) is 0 Å². The zero-order valence-electron chi connectivity index (χ0n) is 57.2. The Bertz CT molecular complexity index is 1830. The van der Waals surface area contributed by atoms with Gasteiger partial charge in [0, 0.05) is 25.7 Å². The maximum Gasteiger partial charge on any atom is 0.472 e. The van der Waals surface area contributed by atoms with Crippen LogP contribution in [0.1, 0.15) is 330 Å². The fourth-order valence-corrected chi connectivity index (χ4v) is 11.6. The van der Waals surface area contributed by atoms with Crippen LogP contribution in [0.15, 0.2) is 24.3 Å². The zero-order valence-corrected chi connectivity index (χ0v) is 59.0. The first-order valence-corrected chi connectivity index (χ1v) is 38.8. The van der Waals surface area contributed by atoms with Gasteiger partial charge in [0.2, 0.25) is 0 Å². The van der Waals surface area contributed by atoms with E-state index in [4.69, 9.17) is 37.0 Å². The highest BCUT2D eigenvalue weighted by molar-refractivity contribution is 7.47. The van der Waals surface area contributed by atoms with Crippen molar-refractivity contribution in [2.75, 3.05) is 39.6 Å². The molecule has 0 aromatic carbocycles. The largest absolute Gasteiger partial charge is 0.472 e. The number of hydrogen-bond donors (Lipinski definition) is 3. The van der Waals surface area contributed by atoms with Crippen LogP contribution in [0, 0.1) is 11.8 Å². The smallest absolute Gasteiger partial charge is 0.462 e. The van der Waals surface area contributed by atoms with E-state index in [9.17, 15) is 43.2 Å². The van der Waals surface area contributed by atoms with Crippen molar-refractivity contribution in [3.8, 4) is 0 Å². The lowest BCUT2D eigenvalue weighted by Crippen LogP contribution is -2.30. The van der Waals surface area contributed by atoms with E-state index in [0.717, 1.165) is 127 Å². The van der Waals surface area contributed by atoms with E-state index >= 15 is 0 Å². The van der Waals surface area contributed by atoms with Crippen molar-refractivity contribution >= 4 is 39.5 Å². The SMILES string of the molecule is CCCCCC/C=C\C=C/CCCCCCCC(=O)OC[C@H](COP(=O)(O)OC[C@@H](O)COP(=O)(O)OC[C@@H](COC(=O)CCCCCCCCCC)OC(=O)CCCCCCCCC(C)CC)OC(=O)CCCCCCCCCCCCCCCC(C)C. The van der Waals surface area contributed by atoms with E-state index in [1.807, 2.05) is 0 Å². The average Bonchev–Trinajstić information content (AvgIpc) is 3.57. The van der Waals surface area contributed by atoms with Gasteiger partial charge < -0.3 is 33.8 Å². The molecule has 0 spiro atoms. The van der Waals surface area contributed by atoms with Crippen LogP contribution in [0.3, 0.4) is 0 Å². The number of hydrogen-bond acceptors (Lipinski definition) is 15. The predicted octanol–water partition coefficient (Wildman–Crippen LogP) is 19.5. The van der Waals surface area contributed by atoms with Gasteiger partial charge in [-0.2, -0.15) is 0 Å². The van der Waals surface area contributed by atoms with Gasteiger partial charge in [0.1, 0.15) is 19.3 Å². The summed E-state index contributed by atoms with van der Waals surface area (Å²) in [5.74, 6) is -0.657.